The smallest absolute Gasteiger partial charge is 0.228 e. The SMILES string of the molecule is CCC(N)Cc1nc(C2(C)CC2)no1. The van der Waals surface area contributed by atoms with Gasteiger partial charge >= 0.3 is 0 Å². The van der Waals surface area contributed by atoms with Crippen LogP contribution in [0.15, 0.2) is 4.52 Å². The Morgan fingerprint density at radius 3 is 2.86 bits per heavy atom. The molecule has 78 valence electrons. The highest BCUT2D eigenvalue weighted by atomic mass is 16.5. The zero-order valence-electron chi connectivity index (χ0n) is 8.79. The molecule has 1 aliphatic carbocycles. The van der Waals surface area contributed by atoms with Crippen LogP contribution >= 0.6 is 0 Å². The fraction of sp³-hybridized carbons (Fsp3) is 0.800. The summed E-state index contributed by atoms with van der Waals surface area (Å²) in [4.78, 5) is 4.37. The van der Waals surface area contributed by atoms with Crippen molar-refractivity contribution in [1.29, 1.82) is 0 Å². The van der Waals surface area contributed by atoms with E-state index in [0.717, 1.165) is 12.2 Å². The van der Waals surface area contributed by atoms with Gasteiger partial charge in [-0.05, 0) is 19.3 Å². The zero-order chi connectivity index (χ0) is 10.2. The molecular weight excluding hydrogens is 178 g/mol. The molecule has 0 spiro atoms. The van der Waals surface area contributed by atoms with E-state index in [4.69, 9.17) is 10.3 Å². The molecule has 0 aromatic carbocycles. The van der Waals surface area contributed by atoms with Crippen LogP contribution in [0.1, 0.15) is 44.8 Å². The highest BCUT2D eigenvalue weighted by Gasteiger charge is 2.43. The molecule has 1 heterocycles. The summed E-state index contributed by atoms with van der Waals surface area (Å²) in [5.74, 6) is 1.54. The standard InChI is InChI=1S/C10H17N3O/c1-3-7(11)6-8-12-9(13-14-8)10(2)4-5-10/h7H,3-6,11H2,1-2H3. The first-order valence-corrected chi connectivity index (χ1v) is 5.23. The third-order valence-electron chi connectivity index (χ3n) is 2.97. The van der Waals surface area contributed by atoms with Crippen molar-refractivity contribution in [2.75, 3.05) is 0 Å². The Labute approximate surface area is 83.9 Å². The molecule has 1 saturated carbocycles. The molecule has 0 radical (unpaired) electrons. The summed E-state index contributed by atoms with van der Waals surface area (Å²) < 4.78 is 5.16. The van der Waals surface area contributed by atoms with Crippen LogP contribution in [0.5, 0.6) is 0 Å². The van der Waals surface area contributed by atoms with Crippen molar-refractivity contribution in [3.05, 3.63) is 11.7 Å². The molecule has 1 atom stereocenters. The number of hydrogen-bond acceptors (Lipinski definition) is 4. The molecule has 0 saturated heterocycles. The van der Waals surface area contributed by atoms with E-state index >= 15 is 0 Å². The van der Waals surface area contributed by atoms with E-state index in [9.17, 15) is 0 Å². The fourth-order valence-corrected chi connectivity index (χ4v) is 1.36. The second-order valence-corrected chi connectivity index (χ2v) is 4.44. The molecule has 1 aromatic heterocycles. The maximum atomic E-state index is 5.81. The molecule has 1 unspecified atom stereocenters. The Balaban J connectivity index is 2.03. The van der Waals surface area contributed by atoms with E-state index in [0.29, 0.717) is 12.3 Å². The largest absolute Gasteiger partial charge is 0.339 e. The van der Waals surface area contributed by atoms with Gasteiger partial charge in [0.1, 0.15) is 0 Å². The zero-order valence-corrected chi connectivity index (χ0v) is 8.79. The lowest BCUT2D eigenvalue weighted by Gasteiger charge is -2.02. The molecule has 0 aliphatic heterocycles. The molecule has 0 bridgehead atoms. The van der Waals surface area contributed by atoms with Gasteiger partial charge in [-0.25, -0.2) is 0 Å². The average molecular weight is 195 g/mol. The van der Waals surface area contributed by atoms with Crippen molar-refractivity contribution in [1.82, 2.24) is 10.1 Å². The first kappa shape index (κ1) is 9.65. The van der Waals surface area contributed by atoms with Crippen LogP contribution in [-0.4, -0.2) is 16.2 Å². The van der Waals surface area contributed by atoms with Crippen LogP contribution in [-0.2, 0) is 11.8 Å². The topological polar surface area (TPSA) is 64.9 Å². The quantitative estimate of drug-likeness (QED) is 0.788. The van der Waals surface area contributed by atoms with Crippen LogP contribution in [0.3, 0.4) is 0 Å². The third kappa shape index (κ3) is 1.80. The third-order valence-corrected chi connectivity index (χ3v) is 2.97. The van der Waals surface area contributed by atoms with Crippen molar-refractivity contribution in [2.45, 2.75) is 51.0 Å². The maximum absolute atomic E-state index is 5.81. The Morgan fingerprint density at radius 1 is 1.57 bits per heavy atom. The minimum absolute atomic E-state index is 0.135. The number of hydrogen-bond donors (Lipinski definition) is 1. The second kappa shape index (κ2) is 3.35. The van der Waals surface area contributed by atoms with E-state index in [1.807, 2.05) is 0 Å². The van der Waals surface area contributed by atoms with Crippen LogP contribution in [0.2, 0.25) is 0 Å². The molecular formula is C10H17N3O. The summed E-state index contributed by atoms with van der Waals surface area (Å²) in [5, 5.41) is 4.00. The lowest BCUT2D eigenvalue weighted by molar-refractivity contribution is 0.360. The second-order valence-electron chi connectivity index (χ2n) is 4.44. The van der Waals surface area contributed by atoms with Gasteiger partial charge < -0.3 is 10.3 Å². The summed E-state index contributed by atoms with van der Waals surface area (Å²) in [7, 11) is 0. The van der Waals surface area contributed by atoms with Crippen LogP contribution < -0.4 is 5.73 Å². The van der Waals surface area contributed by atoms with Crippen molar-refractivity contribution < 1.29 is 4.52 Å². The lowest BCUT2D eigenvalue weighted by Crippen LogP contribution is -2.21. The van der Waals surface area contributed by atoms with Gasteiger partial charge in [-0.3, -0.25) is 0 Å². The summed E-state index contributed by atoms with van der Waals surface area (Å²) in [5.41, 5.74) is 6.00. The average Bonchev–Trinajstić information content (AvgIpc) is 2.75. The normalized spacial score (nSPS) is 20.8. The summed E-state index contributed by atoms with van der Waals surface area (Å²) in [6.07, 6.45) is 3.98. The van der Waals surface area contributed by atoms with Gasteiger partial charge in [-0.15, -0.1) is 0 Å². The number of aromatic nitrogens is 2. The van der Waals surface area contributed by atoms with Crippen molar-refractivity contribution >= 4 is 0 Å². The molecule has 1 aromatic rings. The summed E-state index contributed by atoms with van der Waals surface area (Å²) in [6.45, 7) is 4.23. The molecule has 14 heavy (non-hydrogen) atoms. The van der Waals surface area contributed by atoms with Crippen molar-refractivity contribution in [3.63, 3.8) is 0 Å². The predicted molar refractivity (Wildman–Crippen MR) is 52.9 cm³/mol. The van der Waals surface area contributed by atoms with E-state index in [-0.39, 0.29) is 11.5 Å². The van der Waals surface area contributed by atoms with Crippen molar-refractivity contribution in [3.8, 4) is 0 Å². The van der Waals surface area contributed by atoms with Gasteiger partial charge in [-0.2, -0.15) is 4.98 Å². The lowest BCUT2D eigenvalue weighted by atomic mass is 10.1. The Morgan fingerprint density at radius 2 is 2.29 bits per heavy atom. The molecule has 2 rings (SSSR count). The molecule has 2 N–H and O–H groups in total. The number of nitrogens with two attached hydrogens (primary N) is 1. The Bertz CT molecular complexity index is 317. The van der Waals surface area contributed by atoms with E-state index < -0.39 is 0 Å². The van der Waals surface area contributed by atoms with Crippen LogP contribution in [0.4, 0.5) is 0 Å². The summed E-state index contributed by atoms with van der Waals surface area (Å²) in [6, 6.07) is 0.135. The van der Waals surface area contributed by atoms with Crippen molar-refractivity contribution in [2.24, 2.45) is 5.73 Å². The molecule has 4 nitrogen and oxygen atoms in total. The maximum Gasteiger partial charge on any atom is 0.228 e. The number of rotatable bonds is 4. The summed E-state index contributed by atoms with van der Waals surface area (Å²) >= 11 is 0. The first-order valence-electron chi connectivity index (χ1n) is 5.23. The van der Waals surface area contributed by atoms with Crippen LogP contribution in [0, 0.1) is 0 Å². The van der Waals surface area contributed by atoms with Gasteiger partial charge in [0.2, 0.25) is 5.89 Å². The minimum Gasteiger partial charge on any atom is -0.339 e. The Kier molecular flexibility index (Phi) is 2.31. The number of nitrogens with zero attached hydrogens (tertiary/aromatic N) is 2. The van der Waals surface area contributed by atoms with E-state index in [2.05, 4.69) is 24.0 Å². The van der Waals surface area contributed by atoms with Gasteiger partial charge in [0.05, 0.1) is 0 Å². The van der Waals surface area contributed by atoms with E-state index in [1.165, 1.54) is 12.8 Å². The molecule has 0 amide bonds. The van der Waals surface area contributed by atoms with Gasteiger partial charge in [0.15, 0.2) is 5.82 Å². The first-order chi connectivity index (χ1) is 6.64. The highest BCUT2D eigenvalue weighted by Crippen LogP contribution is 2.45. The van der Waals surface area contributed by atoms with Crippen LogP contribution in [0.25, 0.3) is 0 Å². The molecule has 4 heteroatoms. The van der Waals surface area contributed by atoms with Gasteiger partial charge in [0.25, 0.3) is 0 Å². The van der Waals surface area contributed by atoms with Gasteiger partial charge in [-0.1, -0.05) is 19.0 Å². The van der Waals surface area contributed by atoms with Gasteiger partial charge in [0, 0.05) is 17.9 Å². The Hall–Kier alpha value is -0.900. The molecule has 1 fully saturated rings. The predicted octanol–water partition coefficient (Wildman–Crippen LogP) is 1.40. The van der Waals surface area contributed by atoms with E-state index in [1.54, 1.807) is 0 Å². The monoisotopic (exact) mass is 195 g/mol. The molecule has 1 aliphatic rings. The highest BCUT2D eigenvalue weighted by molar-refractivity contribution is 5.14. The fourth-order valence-electron chi connectivity index (χ4n) is 1.36. The minimum atomic E-state index is 0.135.